The van der Waals surface area contributed by atoms with Crippen LogP contribution in [0, 0.1) is 17.3 Å². The monoisotopic (exact) mass is 250 g/mol. The zero-order valence-electron chi connectivity index (χ0n) is 11.2. The molecule has 100 valence electrons. The molecule has 4 aliphatic rings. The molecule has 2 saturated carbocycles. The lowest BCUT2D eigenvalue weighted by Crippen LogP contribution is -2.50. The van der Waals surface area contributed by atoms with Gasteiger partial charge in [0, 0.05) is 6.42 Å². The molecule has 2 aliphatic heterocycles. The largest absolute Gasteiger partial charge is 0.389 e. The molecule has 2 saturated heterocycles. The predicted molar refractivity (Wildman–Crippen MR) is 66.9 cm³/mol. The van der Waals surface area contributed by atoms with Gasteiger partial charge in [-0.25, -0.2) is 0 Å². The van der Waals surface area contributed by atoms with Crippen LogP contribution in [-0.4, -0.2) is 29.2 Å². The number of rotatable bonds is 0. The zero-order valence-corrected chi connectivity index (χ0v) is 11.2. The average Bonchev–Trinajstić information content (AvgIpc) is 2.93. The summed E-state index contributed by atoms with van der Waals surface area (Å²) in [6.07, 6.45) is 3.99. The average molecular weight is 250 g/mol. The van der Waals surface area contributed by atoms with Gasteiger partial charge in [-0.3, -0.25) is 0 Å². The van der Waals surface area contributed by atoms with Gasteiger partial charge in [-0.15, -0.1) is 0 Å². The number of fused-ring (bicyclic) bond motifs is 2. The van der Waals surface area contributed by atoms with Crippen LogP contribution in [0.4, 0.5) is 0 Å². The van der Waals surface area contributed by atoms with E-state index in [9.17, 15) is 5.11 Å². The second-order valence-electron chi connectivity index (χ2n) is 7.04. The molecule has 0 radical (unpaired) electrons. The van der Waals surface area contributed by atoms with Gasteiger partial charge in [0.1, 0.15) is 0 Å². The summed E-state index contributed by atoms with van der Waals surface area (Å²) in [4.78, 5) is 0. The fourth-order valence-electron chi connectivity index (χ4n) is 4.97. The molecule has 2 aliphatic carbocycles. The fraction of sp³-hybridized carbons (Fsp3) is 0.867. The molecular formula is C15H22O3. The van der Waals surface area contributed by atoms with E-state index in [2.05, 4.69) is 20.4 Å². The number of ether oxygens (including phenoxy) is 2. The van der Waals surface area contributed by atoms with Gasteiger partial charge in [0.25, 0.3) is 0 Å². The highest BCUT2D eigenvalue weighted by atomic mass is 16.8. The number of aliphatic hydroxyl groups excluding tert-OH is 1. The number of aliphatic hydroxyl groups is 1. The van der Waals surface area contributed by atoms with E-state index in [1.165, 1.54) is 12.8 Å². The van der Waals surface area contributed by atoms with Gasteiger partial charge in [-0.2, -0.15) is 0 Å². The Morgan fingerprint density at radius 1 is 1.44 bits per heavy atom. The lowest BCUT2D eigenvalue weighted by Gasteiger charge is -2.47. The van der Waals surface area contributed by atoms with Crippen molar-refractivity contribution in [2.24, 2.45) is 17.3 Å². The Morgan fingerprint density at radius 2 is 2.22 bits per heavy atom. The summed E-state index contributed by atoms with van der Waals surface area (Å²) < 4.78 is 11.9. The van der Waals surface area contributed by atoms with Crippen LogP contribution in [0.25, 0.3) is 0 Å². The van der Waals surface area contributed by atoms with E-state index in [0.717, 1.165) is 18.4 Å². The Labute approximate surface area is 108 Å². The second-order valence-corrected chi connectivity index (χ2v) is 7.04. The van der Waals surface area contributed by atoms with Gasteiger partial charge in [-0.05, 0) is 35.7 Å². The van der Waals surface area contributed by atoms with Crippen LogP contribution < -0.4 is 0 Å². The summed E-state index contributed by atoms with van der Waals surface area (Å²) in [5, 5.41) is 11.0. The van der Waals surface area contributed by atoms with Crippen LogP contribution in [0.2, 0.25) is 0 Å². The molecule has 0 aromatic carbocycles. The topological polar surface area (TPSA) is 42.0 Å². The molecule has 0 amide bonds. The highest BCUT2D eigenvalue weighted by Gasteiger charge is 2.83. The summed E-state index contributed by atoms with van der Waals surface area (Å²) in [6.45, 7) is 9.17. The molecule has 3 nitrogen and oxygen atoms in total. The Hall–Kier alpha value is -0.380. The van der Waals surface area contributed by atoms with Gasteiger partial charge in [0.2, 0.25) is 5.79 Å². The van der Waals surface area contributed by atoms with E-state index in [0.29, 0.717) is 18.4 Å². The molecule has 6 unspecified atom stereocenters. The molecule has 2 heterocycles. The summed E-state index contributed by atoms with van der Waals surface area (Å²) in [6, 6.07) is 0. The van der Waals surface area contributed by atoms with E-state index >= 15 is 0 Å². The van der Waals surface area contributed by atoms with Crippen molar-refractivity contribution in [1.29, 1.82) is 0 Å². The van der Waals surface area contributed by atoms with Crippen LogP contribution >= 0.6 is 0 Å². The van der Waals surface area contributed by atoms with Crippen molar-refractivity contribution in [2.45, 2.75) is 57.0 Å². The number of hydrogen-bond acceptors (Lipinski definition) is 3. The van der Waals surface area contributed by atoms with Gasteiger partial charge in [0.15, 0.2) is 5.60 Å². The van der Waals surface area contributed by atoms with Crippen LogP contribution in [0.3, 0.4) is 0 Å². The van der Waals surface area contributed by atoms with Crippen molar-refractivity contribution in [3.63, 3.8) is 0 Å². The SMILES string of the molecule is C=C1COC23CC4CCCC(C)(C4C)C(O)C12O3. The van der Waals surface area contributed by atoms with Gasteiger partial charge < -0.3 is 14.6 Å². The Balaban J connectivity index is 1.86. The smallest absolute Gasteiger partial charge is 0.206 e. The van der Waals surface area contributed by atoms with Crippen molar-refractivity contribution in [3.05, 3.63) is 12.2 Å². The first-order chi connectivity index (χ1) is 8.46. The van der Waals surface area contributed by atoms with Crippen molar-refractivity contribution in [3.8, 4) is 0 Å². The van der Waals surface area contributed by atoms with Crippen molar-refractivity contribution < 1.29 is 14.6 Å². The van der Waals surface area contributed by atoms with Gasteiger partial charge >= 0.3 is 0 Å². The first-order valence-corrected chi connectivity index (χ1v) is 7.17. The summed E-state index contributed by atoms with van der Waals surface area (Å²) in [5.74, 6) is 0.597. The third kappa shape index (κ3) is 0.972. The number of epoxide rings is 1. The van der Waals surface area contributed by atoms with Crippen molar-refractivity contribution in [1.82, 2.24) is 0 Å². The van der Waals surface area contributed by atoms with Crippen molar-refractivity contribution >= 4 is 0 Å². The lowest BCUT2D eigenvalue weighted by atomic mass is 9.60. The maximum Gasteiger partial charge on any atom is 0.206 e. The molecule has 0 aromatic heterocycles. The minimum atomic E-state index is -0.588. The minimum absolute atomic E-state index is 0.0577. The minimum Gasteiger partial charge on any atom is -0.389 e. The predicted octanol–water partition coefficient (Wildman–Crippen LogP) is 2.25. The Morgan fingerprint density at radius 3 is 3.00 bits per heavy atom. The first-order valence-electron chi connectivity index (χ1n) is 7.17. The van der Waals surface area contributed by atoms with E-state index in [1.54, 1.807) is 0 Å². The summed E-state index contributed by atoms with van der Waals surface area (Å²) in [7, 11) is 0. The van der Waals surface area contributed by atoms with E-state index < -0.39 is 17.5 Å². The van der Waals surface area contributed by atoms with E-state index in [1.807, 2.05) is 0 Å². The maximum absolute atomic E-state index is 11.0. The van der Waals surface area contributed by atoms with Gasteiger partial charge in [-0.1, -0.05) is 26.8 Å². The molecule has 6 atom stereocenters. The molecule has 18 heavy (non-hydrogen) atoms. The number of hydrogen-bond donors (Lipinski definition) is 1. The van der Waals surface area contributed by atoms with E-state index in [4.69, 9.17) is 9.47 Å². The molecule has 0 aromatic rings. The van der Waals surface area contributed by atoms with Crippen LogP contribution in [0.1, 0.15) is 39.5 Å². The van der Waals surface area contributed by atoms with E-state index in [-0.39, 0.29) is 5.41 Å². The highest BCUT2D eigenvalue weighted by Crippen LogP contribution is 2.70. The normalized spacial score (nSPS) is 61.9. The molecule has 2 bridgehead atoms. The first kappa shape index (κ1) is 11.4. The maximum atomic E-state index is 11.0. The molecule has 4 fully saturated rings. The summed E-state index contributed by atoms with van der Waals surface area (Å²) >= 11 is 0. The zero-order chi connectivity index (χ0) is 12.8. The molecule has 3 heteroatoms. The highest BCUT2D eigenvalue weighted by molar-refractivity contribution is 5.39. The third-order valence-corrected chi connectivity index (χ3v) is 6.43. The lowest BCUT2D eigenvalue weighted by molar-refractivity contribution is -0.101. The quantitative estimate of drug-likeness (QED) is 0.529. The molecular weight excluding hydrogens is 228 g/mol. The molecule has 0 spiro atoms. The second kappa shape index (κ2) is 3.02. The standard InChI is InChI=1S/C15H22O3/c1-9-8-17-14-7-11-5-4-6-13(3,10(11)2)12(16)15(9,14)18-14/h10-12,16H,1,4-8H2,2-3H3. The summed E-state index contributed by atoms with van der Waals surface area (Å²) in [5.41, 5.74) is 0.295. The Bertz CT molecular complexity index is 433. The molecule has 1 N–H and O–H groups in total. The van der Waals surface area contributed by atoms with Crippen LogP contribution in [-0.2, 0) is 9.47 Å². The molecule has 4 rings (SSSR count). The third-order valence-electron chi connectivity index (χ3n) is 6.43. The van der Waals surface area contributed by atoms with Crippen LogP contribution in [0.15, 0.2) is 12.2 Å². The van der Waals surface area contributed by atoms with Crippen molar-refractivity contribution in [2.75, 3.05) is 6.61 Å². The Kier molecular flexibility index (Phi) is 1.92. The van der Waals surface area contributed by atoms with Gasteiger partial charge in [0.05, 0.1) is 12.7 Å². The van der Waals surface area contributed by atoms with Crippen LogP contribution in [0.5, 0.6) is 0 Å². The fourth-order valence-corrected chi connectivity index (χ4v) is 4.97.